The minimum Gasteiger partial charge on any atom is -0.373 e. The van der Waals surface area contributed by atoms with E-state index in [9.17, 15) is 0 Å². The van der Waals surface area contributed by atoms with Gasteiger partial charge in [-0.15, -0.1) is 0 Å². The standard InChI is InChI=1S/C9H17N3O/c1-9(3-2-6-13-9)7-12-8-10-4-5-11-8/h2-7H2,1H3,(H2,10,11,12). The van der Waals surface area contributed by atoms with Gasteiger partial charge in [0.15, 0.2) is 5.96 Å². The third-order valence-electron chi connectivity index (χ3n) is 2.60. The number of rotatable bonds is 2. The van der Waals surface area contributed by atoms with E-state index in [-0.39, 0.29) is 5.60 Å². The van der Waals surface area contributed by atoms with Crippen molar-refractivity contribution in [1.82, 2.24) is 10.6 Å². The van der Waals surface area contributed by atoms with Gasteiger partial charge >= 0.3 is 0 Å². The molecular weight excluding hydrogens is 166 g/mol. The Bertz CT molecular complexity index is 209. The smallest absolute Gasteiger partial charge is 0.191 e. The van der Waals surface area contributed by atoms with Crippen molar-refractivity contribution in [2.45, 2.75) is 25.4 Å². The van der Waals surface area contributed by atoms with E-state index in [2.05, 4.69) is 22.5 Å². The van der Waals surface area contributed by atoms with Crippen LogP contribution in [0.25, 0.3) is 0 Å². The normalized spacial score (nSPS) is 32.8. The van der Waals surface area contributed by atoms with Gasteiger partial charge in [-0.2, -0.15) is 0 Å². The van der Waals surface area contributed by atoms with Gasteiger partial charge < -0.3 is 15.4 Å². The van der Waals surface area contributed by atoms with Crippen LogP contribution in [-0.2, 0) is 4.74 Å². The Labute approximate surface area is 78.8 Å². The number of ether oxygens (including phenoxy) is 1. The molecule has 0 aromatic heterocycles. The third kappa shape index (κ3) is 2.12. The molecule has 0 spiro atoms. The first-order chi connectivity index (χ1) is 6.29. The van der Waals surface area contributed by atoms with E-state index in [1.165, 1.54) is 6.42 Å². The molecule has 0 bridgehead atoms. The molecule has 1 unspecified atom stereocenters. The van der Waals surface area contributed by atoms with Crippen LogP contribution < -0.4 is 10.6 Å². The number of aliphatic imine (C=N–C) groups is 1. The van der Waals surface area contributed by atoms with Crippen molar-refractivity contribution in [3.05, 3.63) is 0 Å². The molecule has 2 aliphatic rings. The molecule has 2 N–H and O–H groups in total. The zero-order valence-electron chi connectivity index (χ0n) is 8.10. The lowest BCUT2D eigenvalue weighted by Crippen LogP contribution is -2.43. The van der Waals surface area contributed by atoms with Crippen LogP contribution >= 0.6 is 0 Å². The number of nitrogens with zero attached hydrogens (tertiary/aromatic N) is 1. The fourth-order valence-electron chi connectivity index (χ4n) is 1.76. The highest BCUT2D eigenvalue weighted by Crippen LogP contribution is 2.23. The van der Waals surface area contributed by atoms with E-state index >= 15 is 0 Å². The van der Waals surface area contributed by atoms with Crippen LogP contribution in [0, 0.1) is 0 Å². The van der Waals surface area contributed by atoms with Gasteiger partial charge in [-0.05, 0) is 19.8 Å². The van der Waals surface area contributed by atoms with Crippen LogP contribution in [0.5, 0.6) is 0 Å². The first-order valence-electron chi connectivity index (χ1n) is 4.95. The van der Waals surface area contributed by atoms with Crippen LogP contribution in [0.4, 0.5) is 0 Å². The lowest BCUT2D eigenvalue weighted by molar-refractivity contribution is 0.0243. The second-order valence-corrected chi connectivity index (χ2v) is 3.91. The molecule has 0 saturated carbocycles. The van der Waals surface area contributed by atoms with Gasteiger partial charge in [0.1, 0.15) is 0 Å². The Morgan fingerprint density at radius 1 is 1.69 bits per heavy atom. The first-order valence-corrected chi connectivity index (χ1v) is 4.95. The molecule has 0 aliphatic carbocycles. The van der Waals surface area contributed by atoms with Crippen LogP contribution in [0.2, 0.25) is 0 Å². The fourth-order valence-corrected chi connectivity index (χ4v) is 1.76. The van der Waals surface area contributed by atoms with Gasteiger partial charge in [0.2, 0.25) is 0 Å². The van der Waals surface area contributed by atoms with E-state index in [1.807, 2.05) is 0 Å². The number of hydrogen-bond donors (Lipinski definition) is 2. The fraction of sp³-hybridized carbons (Fsp3) is 0.889. The molecule has 4 nitrogen and oxygen atoms in total. The number of guanidine groups is 1. The molecule has 1 saturated heterocycles. The maximum Gasteiger partial charge on any atom is 0.191 e. The summed E-state index contributed by atoms with van der Waals surface area (Å²) < 4.78 is 5.65. The van der Waals surface area contributed by atoms with Crippen molar-refractivity contribution in [2.75, 3.05) is 26.2 Å². The van der Waals surface area contributed by atoms with Crippen molar-refractivity contribution in [2.24, 2.45) is 4.99 Å². The minimum absolute atomic E-state index is 0.0206. The van der Waals surface area contributed by atoms with E-state index in [0.717, 1.165) is 38.6 Å². The molecule has 2 rings (SSSR count). The Kier molecular flexibility index (Phi) is 2.40. The summed E-state index contributed by atoms with van der Waals surface area (Å²) in [4.78, 5) is 4.27. The average Bonchev–Trinajstić information content (AvgIpc) is 2.72. The summed E-state index contributed by atoms with van der Waals surface area (Å²) in [6, 6.07) is 0. The van der Waals surface area contributed by atoms with Gasteiger partial charge in [0.05, 0.1) is 12.1 Å². The largest absolute Gasteiger partial charge is 0.373 e. The maximum atomic E-state index is 5.65. The Balaban J connectivity index is 1.77. The molecule has 1 atom stereocenters. The molecule has 0 aromatic carbocycles. The van der Waals surface area contributed by atoms with Crippen molar-refractivity contribution >= 4 is 5.96 Å². The average molecular weight is 183 g/mol. The van der Waals surface area contributed by atoms with Gasteiger partial charge in [0.25, 0.3) is 0 Å². The second-order valence-electron chi connectivity index (χ2n) is 3.91. The summed E-state index contributed by atoms with van der Waals surface area (Å²) >= 11 is 0. The van der Waals surface area contributed by atoms with Crippen molar-refractivity contribution in [3.8, 4) is 0 Å². The van der Waals surface area contributed by atoms with Gasteiger partial charge in [-0.25, -0.2) is 0 Å². The zero-order chi connectivity index (χ0) is 9.15. The zero-order valence-corrected chi connectivity index (χ0v) is 8.10. The van der Waals surface area contributed by atoms with Crippen LogP contribution in [0.15, 0.2) is 4.99 Å². The van der Waals surface area contributed by atoms with Crippen molar-refractivity contribution in [1.29, 1.82) is 0 Å². The lowest BCUT2D eigenvalue weighted by Gasteiger charge is -2.23. The molecule has 74 valence electrons. The first kappa shape index (κ1) is 8.81. The summed E-state index contributed by atoms with van der Waals surface area (Å²) in [7, 11) is 0. The van der Waals surface area contributed by atoms with Gasteiger partial charge in [-0.1, -0.05) is 0 Å². The molecule has 0 radical (unpaired) electrons. The molecule has 4 heteroatoms. The summed E-state index contributed by atoms with van der Waals surface area (Å²) in [6.07, 6.45) is 2.32. The molecule has 13 heavy (non-hydrogen) atoms. The summed E-state index contributed by atoms with van der Waals surface area (Å²) in [5.74, 6) is 0.928. The Morgan fingerprint density at radius 2 is 2.62 bits per heavy atom. The highest BCUT2D eigenvalue weighted by Gasteiger charge is 2.29. The minimum atomic E-state index is 0.0206. The van der Waals surface area contributed by atoms with E-state index in [4.69, 9.17) is 4.74 Å². The third-order valence-corrected chi connectivity index (χ3v) is 2.60. The van der Waals surface area contributed by atoms with Gasteiger partial charge in [0, 0.05) is 19.7 Å². The molecule has 2 aliphatic heterocycles. The van der Waals surface area contributed by atoms with Crippen LogP contribution in [0.3, 0.4) is 0 Å². The highest BCUT2D eigenvalue weighted by atomic mass is 16.5. The lowest BCUT2D eigenvalue weighted by atomic mass is 10.0. The molecule has 2 heterocycles. The Morgan fingerprint density at radius 3 is 3.23 bits per heavy atom. The Hall–Kier alpha value is -0.770. The second kappa shape index (κ2) is 3.54. The quantitative estimate of drug-likeness (QED) is 0.638. The van der Waals surface area contributed by atoms with E-state index in [1.54, 1.807) is 0 Å². The number of hydrogen-bond acceptors (Lipinski definition) is 4. The molecule has 0 aromatic rings. The molecule has 0 amide bonds. The van der Waals surface area contributed by atoms with Crippen LogP contribution in [-0.4, -0.2) is 37.8 Å². The SMILES string of the molecule is CC1(CNC2=NCCN2)CCCO1. The molecule has 1 fully saturated rings. The topological polar surface area (TPSA) is 45.7 Å². The van der Waals surface area contributed by atoms with E-state index in [0.29, 0.717) is 0 Å². The highest BCUT2D eigenvalue weighted by molar-refractivity contribution is 5.81. The predicted molar refractivity (Wildman–Crippen MR) is 51.9 cm³/mol. The maximum absolute atomic E-state index is 5.65. The monoisotopic (exact) mass is 183 g/mol. The molecular formula is C9H17N3O. The van der Waals surface area contributed by atoms with Crippen molar-refractivity contribution < 1.29 is 4.74 Å². The predicted octanol–water partition coefficient (Wildman–Crippen LogP) is 0.104. The summed E-state index contributed by atoms with van der Waals surface area (Å²) in [5.41, 5.74) is 0.0206. The van der Waals surface area contributed by atoms with Crippen molar-refractivity contribution in [3.63, 3.8) is 0 Å². The van der Waals surface area contributed by atoms with E-state index < -0.39 is 0 Å². The summed E-state index contributed by atoms with van der Waals surface area (Å²) in [6.45, 7) is 5.76. The summed E-state index contributed by atoms with van der Waals surface area (Å²) in [5, 5.41) is 6.46. The number of nitrogens with one attached hydrogen (secondary N) is 2. The van der Waals surface area contributed by atoms with Crippen LogP contribution in [0.1, 0.15) is 19.8 Å². The van der Waals surface area contributed by atoms with Gasteiger partial charge in [-0.3, -0.25) is 4.99 Å².